The van der Waals surface area contributed by atoms with E-state index < -0.39 is 11.9 Å². The van der Waals surface area contributed by atoms with Crippen LogP contribution in [0.25, 0.3) is 0 Å². The van der Waals surface area contributed by atoms with Gasteiger partial charge < -0.3 is 9.47 Å². The van der Waals surface area contributed by atoms with Crippen molar-refractivity contribution >= 4 is 11.9 Å². The molecular formula is C12H10O4. The quantitative estimate of drug-likeness (QED) is 0.553. The fourth-order valence-electron chi connectivity index (χ4n) is 1.18. The van der Waals surface area contributed by atoms with E-state index in [1.54, 1.807) is 0 Å². The van der Waals surface area contributed by atoms with Gasteiger partial charge in [-0.05, 0) is 18.2 Å². The lowest BCUT2D eigenvalue weighted by Crippen LogP contribution is -2.07. The minimum absolute atomic E-state index is 0.221. The molecule has 1 aromatic rings. The molecule has 0 saturated heterocycles. The number of ether oxygens (including phenoxy) is 2. The van der Waals surface area contributed by atoms with Crippen molar-refractivity contribution in [2.24, 2.45) is 0 Å². The lowest BCUT2D eigenvalue weighted by atomic mass is 10.1. The molecule has 82 valence electrons. The van der Waals surface area contributed by atoms with E-state index in [4.69, 9.17) is 6.42 Å². The van der Waals surface area contributed by atoms with Crippen LogP contribution >= 0.6 is 0 Å². The van der Waals surface area contributed by atoms with Gasteiger partial charge in [-0.1, -0.05) is 5.92 Å². The first kappa shape index (κ1) is 11.8. The van der Waals surface area contributed by atoms with E-state index in [-0.39, 0.29) is 11.1 Å². The highest BCUT2D eigenvalue weighted by Gasteiger charge is 2.12. The summed E-state index contributed by atoms with van der Waals surface area (Å²) >= 11 is 0. The number of carbonyl (C=O) groups is 2. The summed E-state index contributed by atoms with van der Waals surface area (Å²) in [6.07, 6.45) is 5.22. The van der Waals surface area contributed by atoms with Gasteiger partial charge in [-0.25, -0.2) is 9.59 Å². The smallest absolute Gasteiger partial charge is 0.337 e. The van der Waals surface area contributed by atoms with Crippen LogP contribution in [0.15, 0.2) is 18.2 Å². The van der Waals surface area contributed by atoms with E-state index in [1.165, 1.54) is 32.4 Å². The average Bonchev–Trinajstić information content (AvgIpc) is 2.35. The van der Waals surface area contributed by atoms with Crippen LogP contribution in [0.3, 0.4) is 0 Å². The Balaban J connectivity index is 3.27. The molecule has 0 aliphatic heterocycles. The molecular weight excluding hydrogens is 208 g/mol. The average molecular weight is 218 g/mol. The summed E-state index contributed by atoms with van der Waals surface area (Å²) in [6.45, 7) is 0. The van der Waals surface area contributed by atoms with Crippen molar-refractivity contribution in [1.29, 1.82) is 0 Å². The first-order valence-corrected chi connectivity index (χ1v) is 4.40. The van der Waals surface area contributed by atoms with E-state index >= 15 is 0 Å². The van der Waals surface area contributed by atoms with Crippen molar-refractivity contribution in [1.82, 2.24) is 0 Å². The number of rotatable bonds is 2. The number of methoxy groups -OCH3 is 2. The minimum Gasteiger partial charge on any atom is -0.465 e. The normalized spacial score (nSPS) is 9.06. The Kier molecular flexibility index (Phi) is 3.67. The maximum absolute atomic E-state index is 11.3. The minimum atomic E-state index is -0.553. The predicted octanol–water partition coefficient (Wildman–Crippen LogP) is 1.24. The van der Waals surface area contributed by atoms with Crippen LogP contribution in [0.5, 0.6) is 0 Å². The molecule has 0 bridgehead atoms. The molecule has 4 nitrogen and oxygen atoms in total. The molecule has 1 aromatic carbocycles. The maximum atomic E-state index is 11.3. The zero-order valence-electron chi connectivity index (χ0n) is 8.94. The molecule has 0 aliphatic carbocycles. The third-order valence-corrected chi connectivity index (χ3v) is 1.94. The van der Waals surface area contributed by atoms with Crippen molar-refractivity contribution in [2.75, 3.05) is 14.2 Å². The van der Waals surface area contributed by atoms with Crippen molar-refractivity contribution in [2.45, 2.75) is 0 Å². The van der Waals surface area contributed by atoms with Crippen LogP contribution in [0.2, 0.25) is 0 Å². The molecule has 0 atom stereocenters. The standard InChI is InChI=1S/C12H10O4/c1-4-8-5-9(11(13)15-2)7-10(6-8)12(14)16-3/h1,5-7H,2-3H3. The summed E-state index contributed by atoms with van der Waals surface area (Å²) in [6, 6.07) is 4.31. The monoisotopic (exact) mass is 218 g/mol. The van der Waals surface area contributed by atoms with Gasteiger partial charge in [0.05, 0.1) is 25.3 Å². The van der Waals surface area contributed by atoms with Gasteiger partial charge in [-0.2, -0.15) is 0 Å². The third-order valence-electron chi connectivity index (χ3n) is 1.94. The predicted molar refractivity (Wildman–Crippen MR) is 57.1 cm³/mol. The molecule has 0 fully saturated rings. The van der Waals surface area contributed by atoms with Gasteiger partial charge in [-0.3, -0.25) is 0 Å². The lowest BCUT2D eigenvalue weighted by Gasteiger charge is -2.04. The summed E-state index contributed by atoms with van der Waals surface area (Å²) in [7, 11) is 2.51. The first-order valence-electron chi connectivity index (χ1n) is 4.40. The second-order valence-electron chi connectivity index (χ2n) is 2.93. The molecule has 0 spiro atoms. The van der Waals surface area contributed by atoms with Gasteiger partial charge in [-0.15, -0.1) is 6.42 Å². The van der Waals surface area contributed by atoms with Crippen LogP contribution in [-0.4, -0.2) is 26.2 Å². The highest BCUT2D eigenvalue weighted by Crippen LogP contribution is 2.12. The molecule has 0 radical (unpaired) electrons. The number of carbonyl (C=O) groups excluding carboxylic acids is 2. The Bertz CT molecular complexity index is 434. The fraction of sp³-hybridized carbons (Fsp3) is 0.167. The SMILES string of the molecule is C#Cc1cc(C(=O)OC)cc(C(=O)OC)c1. The highest BCUT2D eigenvalue weighted by molar-refractivity contribution is 5.95. The molecule has 4 heteroatoms. The molecule has 0 saturated carbocycles. The van der Waals surface area contributed by atoms with Gasteiger partial charge in [0.2, 0.25) is 0 Å². The van der Waals surface area contributed by atoms with Gasteiger partial charge in [0.15, 0.2) is 0 Å². The third kappa shape index (κ3) is 2.39. The highest BCUT2D eigenvalue weighted by atomic mass is 16.5. The lowest BCUT2D eigenvalue weighted by molar-refractivity contribution is 0.0599. The van der Waals surface area contributed by atoms with Gasteiger partial charge in [0, 0.05) is 5.56 Å². The largest absolute Gasteiger partial charge is 0.465 e. The van der Waals surface area contributed by atoms with Crippen LogP contribution < -0.4 is 0 Å². The molecule has 0 N–H and O–H groups in total. The number of hydrogen-bond acceptors (Lipinski definition) is 4. The van der Waals surface area contributed by atoms with E-state index in [0.717, 1.165) is 0 Å². The van der Waals surface area contributed by atoms with E-state index in [2.05, 4.69) is 15.4 Å². The first-order chi connectivity index (χ1) is 7.62. The van der Waals surface area contributed by atoms with Crippen LogP contribution in [0, 0.1) is 12.3 Å². The van der Waals surface area contributed by atoms with Crippen molar-refractivity contribution in [3.8, 4) is 12.3 Å². The molecule has 0 aromatic heterocycles. The summed E-state index contributed by atoms with van der Waals surface area (Å²) in [5.74, 6) is 1.24. The van der Waals surface area contributed by atoms with E-state index in [0.29, 0.717) is 5.56 Å². The number of esters is 2. The molecule has 0 unspecified atom stereocenters. The van der Waals surface area contributed by atoms with Crippen molar-refractivity contribution < 1.29 is 19.1 Å². The molecule has 0 aliphatic rings. The van der Waals surface area contributed by atoms with Crippen LogP contribution in [-0.2, 0) is 9.47 Å². The molecule has 0 heterocycles. The summed E-state index contributed by atoms with van der Waals surface area (Å²) in [5, 5.41) is 0. The summed E-state index contributed by atoms with van der Waals surface area (Å²) in [5.41, 5.74) is 0.861. The number of terminal acetylenes is 1. The Morgan fingerprint density at radius 2 is 1.50 bits per heavy atom. The number of hydrogen-bond donors (Lipinski definition) is 0. The molecule has 1 rings (SSSR count). The topological polar surface area (TPSA) is 52.6 Å². The fourth-order valence-corrected chi connectivity index (χ4v) is 1.18. The Morgan fingerprint density at radius 1 is 1.06 bits per heavy atom. The van der Waals surface area contributed by atoms with Gasteiger partial charge in [0.1, 0.15) is 0 Å². The Labute approximate surface area is 93.2 Å². The second kappa shape index (κ2) is 4.99. The van der Waals surface area contributed by atoms with Crippen LogP contribution in [0.4, 0.5) is 0 Å². The zero-order chi connectivity index (χ0) is 12.1. The zero-order valence-corrected chi connectivity index (χ0v) is 8.94. The molecule has 16 heavy (non-hydrogen) atoms. The second-order valence-corrected chi connectivity index (χ2v) is 2.93. The van der Waals surface area contributed by atoms with Crippen molar-refractivity contribution in [3.63, 3.8) is 0 Å². The Hall–Kier alpha value is -2.28. The maximum Gasteiger partial charge on any atom is 0.337 e. The summed E-state index contributed by atoms with van der Waals surface area (Å²) in [4.78, 5) is 22.6. The van der Waals surface area contributed by atoms with Crippen molar-refractivity contribution in [3.05, 3.63) is 34.9 Å². The van der Waals surface area contributed by atoms with Gasteiger partial charge >= 0.3 is 11.9 Å². The number of benzene rings is 1. The Morgan fingerprint density at radius 3 is 1.81 bits per heavy atom. The van der Waals surface area contributed by atoms with E-state index in [1.807, 2.05) is 0 Å². The van der Waals surface area contributed by atoms with E-state index in [9.17, 15) is 9.59 Å². The van der Waals surface area contributed by atoms with Gasteiger partial charge in [0.25, 0.3) is 0 Å². The molecule has 0 amide bonds. The van der Waals surface area contributed by atoms with Crippen LogP contribution in [0.1, 0.15) is 26.3 Å². The summed E-state index contributed by atoms with van der Waals surface area (Å²) < 4.78 is 9.09.